The van der Waals surface area contributed by atoms with Gasteiger partial charge in [-0.2, -0.15) is 0 Å². The van der Waals surface area contributed by atoms with Crippen molar-refractivity contribution in [2.45, 2.75) is 44.8 Å². The quantitative estimate of drug-likeness (QED) is 0.384. The first-order valence-electron chi connectivity index (χ1n) is 11.4. The van der Waals surface area contributed by atoms with Crippen LogP contribution in [-0.2, 0) is 0 Å². The Balaban J connectivity index is 1.57. The van der Waals surface area contributed by atoms with Crippen molar-refractivity contribution in [1.82, 2.24) is 9.88 Å². The molecular weight excluding hydrogens is 416 g/mol. The van der Waals surface area contributed by atoms with E-state index >= 15 is 0 Å². The highest BCUT2D eigenvalue weighted by atomic mass is 32.2. The maximum absolute atomic E-state index is 13.3. The number of benzene rings is 2. The number of urea groups is 1. The summed E-state index contributed by atoms with van der Waals surface area (Å²) in [6, 6.07) is 15.8. The van der Waals surface area contributed by atoms with Gasteiger partial charge >= 0.3 is 6.03 Å². The van der Waals surface area contributed by atoms with Crippen LogP contribution in [0, 0.1) is 0 Å². The number of hydrogen-bond donors (Lipinski definition) is 2. The number of carbonyl (C=O) groups is 1. The summed E-state index contributed by atoms with van der Waals surface area (Å²) >= 11 is 1.56. The van der Waals surface area contributed by atoms with Gasteiger partial charge in [0, 0.05) is 47.0 Å². The Morgan fingerprint density at radius 2 is 2.06 bits per heavy atom. The van der Waals surface area contributed by atoms with Gasteiger partial charge in [-0.1, -0.05) is 38.1 Å². The van der Waals surface area contributed by atoms with Crippen LogP contribution in [0.5, 0.6) is 0 Å². The fourth-order valence-electron chi connectivity index (χ4n) is 3.97. The van der Waals surface area contributed by atoms with Gasteiger partial charge in [-0.3, -0.25) is 0 Å². The van der Waals surface area contributed by atoms with Gasteiger partial charge in [-0.15, -0.1) is 0 Å². The molecule has 0 spiro atoms. The second-order valence-corrected chi connectivity index (χ2v) is 9.63. The van der Waals surface area contributed by atoms with E-state index in [1.54, 1.807) is 16.3 Å². The predicted octanol–water partition coefficient (Wildman–Crippen LogP) is 6.98. The number of carbonyl (C=O) groups excluding carboxylic acids is 1. The molecule has 168 valence electrons. The van der Waals surface area contributed by atoms with E-state index in [9.17, 15) is 4.79 Å². The van der Waals surface area contributed by atoms with Crippen molar-refractivity contribution in [2.75, 3.05) is 22.7 Å². The van der Waals surface area contributed by atoms with Crippen LogP contribution in [0.1, 0.15) is 45.1 Å². The number of aromatic nitrogens is 1. The summed E-state index contributed by atoms with van der Waals surface area (Å²) < 4.78 is 1.76. The number of rotatable bonds is 7. The SMILES string of the molecule is CCC(C)SN(C(=O)Nc1ccc2[nH]cc(C3C=CN(CC)CC3)c2c1)c1ccccc1. The molecule has 1 aliphatic rings. The lowest BCUT2D eigenvalue weighted by Gasteiger charge is -2.26. The lowest BCUT2D eigenvalue weighted by atomic mass is 9.93. The largest absolute Gasteiger partial charge is 0.378 e. The molecule has 0 aliphatic carbocycles. The number of hydrogen-bond acceptors (Lipinski definition) is 3. The molecule has 0 bridgehead atoms. The van der Waals surface area contributed by atoms with E-state index in [-0.39, 0.29) is 6.03 Å². The molecule has 2 amide bonds. The van der Waals surface area contributed by atoms with E-state index in [1.165, 1.54) is 10.9 Å². The zero-order valence-electron chi connectivity index (χ0n) is 19.0. The number of nitrogens with zero attached hydrogens (tertiary/aromatic N) is 2. The van der Waals surface area contributed by atoms with Gasteiger partial charge < -0.3 is 15.2 Å². The molecule has 2 aromatic carbocycles. The second kappa shape index (κ2) is 10.2. The molecule has 2 heterocycles. The molecule has 0 saturated carbocycles. The highest BCUT2D eigenvalue weighted by molar-refractivity contribution is 8.01. The Labute approximate surface area is 195 Å². The molecule has 3 aromatic rings. The van der Waals surface area contributed by atoms with Gasteiger partial charge in [0.25, 0.3) is 0 Å². The number of nitrogens with one attached hydrogen (secondary N) is 2. The second-order valence-electron chi connectivity index (χ2n) is 8.25. The fourth-order valence-corrected chi connectivity index (χ4v) is 4.86. The molecule has 1 aliphatic heterocycles. The number of anilines is 2. The van der Waals surface area contributed by atoms with E-state index in [1.807, 2.05) is 42.5 Å². The molecule has 4 rings (SSSR count). The number of H-pyrrole nitrogens is 1. The molecule has 0 saturated heterocycles. The van der Waals surface area contributed by atoms with E-state index in [4.69, 9.17) is 0 Å². The third-order valence-electron chi connectivity index (χ3n) is 6.06. The summed E-state index contributed by atoms with van der Waals surface area (Å²) in [5, 5.41) is 4.63. The molecular formula is C26H32N4OS. The monoisotopic (exact) mass is 448 g/mol. The van der Waals surface area contributed by atoms with Crippen LogP contribution >= 0.6 is 11.9 Å². The Morgan fingerprint density at radius 1 is 1.25 bits per heavy atom. The minimum Gasteiger partial charge on any atom is -0.378 e. The highest BCUT2D eigenvalue weighted by Crippen LogP contribution is 2.33. The standard InChI is InChI=1S/C26H32N4OS/c1-4-19(3)32-30(22-9-7-6-8-10-22)26(31)28-21-11-12-25-23(17-21)24(18-27-25)20-13-15-29(5-2)16-14-20/h6-13,15,17-20,27H,4-5,14,16H2,1-3H3,(H,28,31). The van der Waals surface area contributed by atoms with Crippen molar-refractivity contribution in [2.24, 2.45) is 0 Å². The van der Waals surface area contributed by atoms with Crippen molar-refractivity contribution in [3.8, 4) is 0 Å². The zero-order chi connectivity index (χ0) is 22.5. The number of para-hydroxylation sites is 1. The van der Waals surface area contributed by atoms with E-state index in [0.29, 0.717) is 11.2 Å². The molecule has 32 heavy (non-hydrogen) atoms. The van der Waals surface area contributed by atoms with Crippen LogP contribution in [0.15, 0.2) is 67.0 Å². The first kappa shape index (κ1) is 22.3. The summed E-state index contributed by atoms with van der Waals surface area (Å²) in [6.45, 7) is 8.58. The predicted molar refractivity (Wildman–Crippen MR) is 137 cm³/mol. The van der Waals surface area contributed by atoms with Gasteiger partial charge in [-0.05, 0) is 73.8 Å². The Hall–Kier alpha value is -2.86. The molecule has 1 aromatic heterocycles. The molecule has 2 N–H and O–H groups in total. The van der Waals surface area contributed by atoms with Gasteiger partial charge in [0.1, 0.15) is 0 Å². The van der Waals surface area contributed by atoms with Crippen molar-refractivity contribution < 1.29 is 4.79 Å². The maximum atomic E-state index is 13.3. The lowest BCUT2D eigenvalue weighted by Crippen LogP contribution is -2.30. The van der Waals surface area contributed by atoms with Gasteiger partial charge in [0.15, 0.2) is 0 Å². The zero-order valence-corrected chi connectivity index (χ0v) is 19.9. The van der Waals surface area contributed by atoms with Crippen LogP contribution in [0.25, 0.3) is 10.9 Å². The Morgan fingerprint density at radius 3 is 2.75 bits per heavy atom. The van der Waals surface area contributed by atoms with Crippen LogP contribution in [0.4, 0.5) is 16.2 Å². The summed E-state index contributed by atoms with van der Waals surface area (Å²) in [5.74, 6) is 0.388. The van der Waals surface area contributed by atoms with Gasteiger partial charge in [-0.25, -0.2) is 9.10 Å². The van der Waals surface area contributed by atoms with Crippen molar-refractivity contribution in [1.29, 1.82) is 0 Å². The van der Waals surface area contributed by atoms with Crippen LogP contribution < -0.4 is 9.62 Å². The number of aromatic amines is 1. The Kier molecular flexibility index (Phi) is 7.10. The average Bonchev–Trinajstić information content (AvgIpc) is 3.26. The molecule has 2 atom stereocenters. The molecule has 0 fully saturated rings. The van der Waals surface area contributed by atoms with E-state index in [2.05, 4.69) is 60.5 Å². The number of allylic oxidation sites excluding steroid dienone is 1. The third-order valence-corrected chi connectivity index (χ3v) is 7.34. The summed E-state index contributed by atoms with van der Waals surface area (Å²) in [6.07, 6.45) is 8.71. The third kappa shape index (κ3) is 4.96. The van der Waals surface area contributed by atoms with Crippen molar-refractivity contribution >= 4 is 40.3 Å². The van der Waals surface area contributed by atoms with E-state index in [0.717, 1.165) is 42.8 Å². The maximum Gasteiger partial charge on any atom is 0.336 e. The first-order chi connectivity index (χ1) is 15.6. The summed E-state index contributed by atoms with van der Waals surface area (Å²) in [5.41, 5.74) is 4.07. The Bertz CT molecular complexity index is 1080. The van der Waals surface area contributed by atoms with Crippen molar-refractivity contribution in [3.63, 3.8) is 0 Å². The minimum absolute atomic E-state index is 0.130. The topological polar surface area (TPSA) is 51.4 Å². The smallest absolute Gasteiger partial charge is 0.336 e. The number of amides is 2. The lowest BCUT2D eigenvalue weighted by molar-refractivity contribution is 0.260. The summed E-state index contributed by atoms with van der Waals surface area (Å²) in [7, 11) is 0. The summed E-state index contributed by atoms with van der Waals surface area (Å²) in [4.78, 5) is 19.0. The van der Waals surface area contributed by atoms with Gasteiger partial charge in [0.05, 0.1) is 5.69 Å². The fraction of sp³-hybridized carbons (Fsp3) is 0.346. The normalized spacial score (nSPS) is 16.8. The molecule has 2 unspecified atom stereocenters. The molecule has 0 radical (unpaired) electrons. The van der Waals surface area contributed by atoms with Crippen molar-refractivity contribution in [3.05, 3.63) is 72.6 Å². The van der Waals surface area contributed by atoms with E-state index < -0.39 is 0 Å². The van der Waals surface area contributed by atoms with Crippen LogP contribution in [0.2, 0.25) is 0 Å². The highest BCUT2D eigenvalue weighted by Gasteiger charge is 2.21. The number of fused-ring (bicyclic) bond motifs is 1. The van der Waals surface area contributed by atoms with Crippen LogP contribution in [0.3, 0.4) is 0 Å². The molecule has 6 heteroatoms. The first-order valence-corrected chi connectivity index (χ1v) is 12.3. The van der Waals surface area contributed by atoms with Crippen LogP contribution in [-0.4, -0.2) is 34.3 Å². The minimum atomic E-state index is -0.130. The molecule has 5 nitrogen and oxygen atoms in total. The van der Waals surface area contributed by atoms with Gasteiger partial charge in [0.2, 0.25) is 0 Å². The average molecular weight is 449 g/mol.